The molecule has 0 radical (unpaired) electrons. The largest absolute Gasteiger partial charge is 0.476 e. The molecular weight excluding hydrogens is 560 g/mol. The van der Waals surface area contributed by atoms with Crippen LogP contribution in [0, 0.1) is 0 Å². The van der Waals surface area contributed by atoms with Crippen molar-refractivity contribution in [2.75, 3.05) is 31.3 Å². The molecule has 0 aliphatic carbocycles. The summed E-state index contributed by atoms with van der Waals surface area (Å²) in [6.45, 7) is -0.0616. The molecule has 4 N–H and O–H groups in total. The number of anilines is 1. The summed E-state index contributed by atoms with van der Waals surface area (Å²) in [5.41, 5.74) is 3.27. The lowest BCUT2D eigenvalue weighted by Gasteiger charge is -2.08. The van der Waals surface area contributed by atoms with Crippen molar-refractivity contribution in [3.05, 3.63) is 72.0 Å². The molecule has 1 aromatic carbocycles. The molecule has 13 nitrogen and oxygen atoms in total. The van der Waals surface area contributed by atoms with Crippen LogP contribution in [-0.4, -0.2) is 71.3 Å². The van der Waals surface area contributed by atoms with E-state index in [0.29, 0.717) is 16.7 Å². The Morgan fingerprint density at radius 1 is 1.07 bits per heavy atom. The fraction of sp³-hybridized carbons (Fsp3) is 0.160. The first-order valence-corrected chi connectivity index (χ1v) is 14.4. The van der Waals surface area contributed by atoms with Crippen LogP contribution in [0.15, 0.2) is 66.4 Å². The Bertz CT molecular complexity index is 1650. The van der Waals surface area contributed by atoms with Crippen molar-refractivity contribution >= 4 is 44.4 Å². The van der Waals surface area contributed by atoms with Gasteiger partial charge in [0.25, 0.3) is 5.91 Å². The molecule has 0 aliphatic rings. The molecule has 0 bridgehead atoms. The molecule has 0 spiro atoms. The Hall–Kier alpha value is -4.76. The summed E-state index contributed by atoms with van der Waals surface area (Å²) in [7, 11) is -3.51. The molecule has 4 aromatic rings. The molecule has 3 amide bonds. The quantitative estimate of drug-likeness (QED) is 0.193. The van der Waals surface area contributed by atoms with Gasteiger partial charge in [-0.2, -0.15) is 0 Å². The number of nitrogens with one attached hydrogen (secondary N) is 3. The van der Waals surface area contributed by atoms with E-state index < -0.39 is 27.9 Å². The molecule has 3 aromatic heterocycles. The third-order valence-electron chi connectivity index (χ3n) is 5.33. The zero-order valence-electron chi connectivity index (χ0n) is 21.0. The van der Waals surface area contributed by atoms with Gasteiger partial charge >= 0.3 is 6.09 Å². The van der Waals surface area contributed by atoms with Crippen molar-refractivity contribution in [3.8, 4) is 28.3 Å². The predicted molar refractivity (Wildman–Crippen MR) is 148 cm³/mol. The van der Waals surface area contributed by atoms with Gasteiger partial charge in [0.05, 0.1) is 30.6 Å². The van der Waals surface area contributed by atoms with Crippen LogP contribution in [0.25, 0.3) is 22.4 Å². The zero-order valence-corrected chi connectivity index (χ0v) is 22.7. The van der Waals surface area contributed by atoms with Gasteiger partial charge in [0, 0.05) is 35.6 Å². The highest BCUT2D eigenvalue weighted by Crippen LogP contribution is 2.29. The average molecular weight is 585 g/mol. The van der Waals surface area contributed by atoms with Crippen molar-refractivity contribution in [2.45, 2.75) is 0 Å². The van der Waals surface area contributed by atoms with Gasteiger partial charge in [0.2, 0.25) is 21.8 Å². The number of thiazole rings is 1. The van der Waals surface area contributed by atoms with Gasteiger partial charge in [-0.3, -0.25) is 13.6 Å². The van der Waals surface area contributed by atoms with Crippen LogP contribution in [0.5, 0.6) is 5.88 Å². The molecule has 0 fully saturated rings. The van der Waals surface area contributed by atoms with Gasteiger partial charge in [0.1, 0.15) is 6.61 Å². The number of ether oxygens (including phenoxy) is 1. The number of rotatable bonds is 11. The van der Waals surface area contributed by atoms with E-state index >= 15 is 0 Å². The number of hydrogen-bond acceptors (Lipinski definition) is 9. The normalized spacial score (nSPS) is 11.0. The van der Waals surface area contributed by atoms with Crippen LogP contribution in [0.1, 0.15) is 10.4 Å². The molecule has 3 heterocycles. The van der Waals surface area contributed by atoms with Crippen LogP contribution < -0.4 is 20.7 Å². The molecule has 0 atom stereocenters. The lowest BCUT2D eigenvalue weighted by molar-refractivity contribution is -0.115. The minimum atomic E-state index is -3.51. The van der Waals surface area contributed by atoms with E-state index in [1.165, 1.54) is 29.8 Å². The maximum Gasteiger partial charge on any atom is 0.404 e. The second-order valence-electron chi connectivity index (χ2n) is 8.31. The van der Waals surface area contributed by atoms with Crippen molar-refractivity contribution < 1.29 is 32.6 Å². The first-order valence-electron chi connectivity index (χ1n) is 11.7. The van der Waals surface area contributed by atoms with Gasteiger partial charge < -0.3 is 25.8 Å². The summed E-state index contributed by atoms with van der Waals surface area (Å²) in [4.78, 5) is 43.7. The van der Waals surface area contributed by atoms with Crippen molar-refractivity contribution in [1.29, 1.82) is 0 Å². The molecular formula is C25H24N6O7S2. The van der Waals surface area contributed by atoms with E-state index in [-0.39, 0.29) is 25.3 Å². The summed E-state index contributed by atoms with van der Waals surface area (Å²) in [5, 5.41) is 18.1. The van der Waals surface area contributed by atoms with E-state index in [4.69, 9.17) is 9.84 Å². The number of benzene rings is 1. The van der Waals surface area contributed by atoms with Crippen LogP contribution in [0.2, 0.25) is 0 Å². The standard InChI is InChI=1S/C25H24N6O7S2/c1-40(36,37)31-9-6-19(14-31)23(33)28-13-21(32)30-24-29-20(15-39-24)18-4-2-3-16(11-18)17-5-7-26-22(12-17)38-10-8-27-25(34)35/h2-7,9,11-12,14-15,27H,8,10,13H2,1H3,(H,28,33)(H,34,35)(H,29,30,32). The molecule has 0 saturated heterocycles. The first kappa shape index (κ1) is 28.3. The van der Waals surface area contributed by atoms with E-state index in [0.717, 1.165) is 26.9 Å². The third-order valence-corrected chi connectivity index (χ3v) is 7.08. The molecule has 4 rings (SSSR count). The highest BCUT2D eigenvalue weighted by molar-refractivity contribution is 7.89. The minimum Gasteiger partial charge on any atom is -0.476 e. The van der Waals surface area contributed by atoms with Crippen LogP contribution >= 0.6 is 11.3 Å². The lowest BCUT2D eigenvalue weighted by Crippen LogP contribution is -2.32. The topological polar surface area (TPSA) is 182 Å². The number of pyridine rings is 1. The van der Waals surface area contributed by atoms with Gasteiger partial charge in [-0.15, -0.1) is 11.3 Å². The van der Waals surface area contributed by atoms with Gasteiger partial charge in [0.15, 0.2) is 5.13 Å². The van der Waals surface area contributed by atoms with Crippen molar-refractivity contribution in [3.63, 3.8) is 0 Å². The molecule has 0 saturated carbocycles. The molecule has 208 valence electrons. The fourth-order valence-corrected chi connectivity index (χ4v) is 4.77. The van der Waals surface area contributed by atoms with E-state index in [1.807, 2.05) is 30.3 Å². The van der Waals surface area contributed by atoms with E-state index in [1.54, 1.807) is 17.6 Å². The van der Waals surface area contributed by atoms with E-state index in [2.05, 4.69) is 25.9 Å². The van der Waals surface area contributed by atoms with Crippen LogP contribution in [0.3, 0.4) is 0 Å². The van der Waals surface area contributed by atoms with E-state index in [9.17, 15) is 22.8 Å². The molecule has 0 aliphatic heterocycles. The number of carboxylic acid groups (broad SMARTS) is 1. The average Bonchev–Trinajstić information content (AvgIpc) is 3.61. The molecule has 40 heavy (non-hydrogen) atoms. The summed E-state index contributed by atoms with van der Waals surface area (Å²) in [5.74, 6) is -0.724. The van der Waals surface area contributed by atoms with Crippen molar-refractivity contribution in [2.24, 2.45) is 0 Å². The zero-order chi connectivity index (χ0) is 28.7. The van der Waals surface area contributed by atoms with Gasteiger partial charge in [-0.05, 0) is 29.3 Å². The number of amides is 3. The Morgan fingerprint density at radius 3 is 2.60 bits per heavy atom. The second-order valence-corrected chi connectivity index (χ2v) is 11.1. The number of aromatic nitrogens is 3. The minimum absolute atomic E-state index is 0.109. The maximum atomic E-state index is 12.3. The Labute approximate surface area is 232 Å². The highest BCUT2D eigenvalue weighted by atomic mass is 32.2. The Morgan fingerprint density at radius 2 is 1.85 bits per heavy atom. The molecule has 15 heteroatoms. The summed E-state index contributed by atoms with van der Waals surface area (Å²) in [6, 6.07) is 12.5. The maximum absolute atomic E-state index is 12.3. The van der Waals surface area contributed by atoms with Gasteiger partial charge in [-0.25, -0.2) is 23.2 Å². The number of hydrogen-bond donors (Lipinski definition) is 4. The third kappa shape index (κ3) is 7.64. The molecule has 0 unspecified atom stereocenters. The second kappa shape index (κ2) is 12.4. The van der Waals surface area contributed by atoms with Crippen molar-refractivity contribution in [1.82, 2.24) is 24.6 Å². The lowest BCUT2D eigenvalue weighted by atomic mass is 10.0. The Balaban J connectivity index is 1.35. The predicted octanol–water partition coefficient (Wildman–Crippen LogP) is 2.50. The fourth-order valence-electron chi connectivity index (χ4n) is 3.45. The summed E-state index contributed by atoms with van der Waals surface area (Å²) in [6.07, 6.45) is 3.90. The summed E-state index contributed by atoms with van der Waals surface area (Å²) >= 11 is 1.22. The number of carbonyl (C=O) groups is 3. The first-order chi connectivity index (χ1) is 19.1. The van der Waals surface area contributed by atoms with Crippen LogP contribution in [-0.2, 0) is 14.8 Å². The number of carbonyl (C=O) groups excluding carboxylic acids is 2. The Kier molecular flexibility index (Phi) is 8.76. The van der Waals surface area contributed by atoms with Gasteiger partial charge in [-0.1, -0.05) is 18.2 Å². The van der Waals surface area contributed by atoms with Crippen LogP contribution in [0.4, 0.5) is 9.93 Å². The smallest absolute Gasteiger partial charge is 0.404 e. The monoisotopic (exact) mass is 584 g/mol. The highest BCUT2D eigenvalue weighted by Gasteiger charge is 2.14. The number of nitrogens with zero attached hydrogens (tertiary/aromatic N) is 3. The SMILES string of the molecule is CS(=O)(=O)n1ccc(C(=O)NCC(=O)Nc2nc(-c3cccc(-c4ccnc(OCCNC(=O)O)c4)c3)cs2)c1. The summed E-state index contributed by atoms with van der Waals surface area (Å²) < 4.78 is 29.5.